The maximum absolute atomic E-state index is 11.2. The smallest absolute Gasteiger partial charge is 0.246 e. The van der Waals surface area contributed by atoms with E-state index < -0.39 is 0 Å². The second-order valence-corrected chi connectivity index (χ2v) is 3.02. The summed E-state index contributed by atoms with van der Waals surface area (Å²) in [6.07, 6.45) is 3.48. The van der Waals surface area contributed by atoms with Gasteiger partial charge in [0.15, 0.2) is 0 Å². The summed E-state index contributed by atoms with van der Waals surface area (Å²) in [5.74, 6) is 0.0688. The molecule has 0 N–H and O–H groups in total. The summed E-state index contributed by atoms with van der Waals surface area (Å²) in [7, 11) is 5.74. The minimum absolute atomic E-state index is 0.0688. The molecule has 0 aromatic carbocycles. The Hall–Kier alpha value is -0.830. The predicted octanol–water partition coefficient (Wildman–Crippen LogP) is 0.583. The van der Waals surface area contributed by atoms with Crippen LogP contribution >= 0.6 is 0 Å². The normalized spacial score (nSPS) is 11.1. The number of nitrogens with zero attached hydrogens (tertiary/aromatic N) is 2. The Labute approximate surface area is 74.7 Å². The fourth-order valence-corrected chi connectivity index (χ4v) is 0.647. The molecule has 0 aliphatic carbocycles. The van der Waals surface area contributed by atoms with Crippen molar-refractivity contribution in [3.8, 4) is 0 Å². The van der Waals surface area contributed by atoms with Gasteiger partial charge in [-0.3, -0.25) is 4.79 Å². The molecule has 0 saturated carbocycles. The first-order valence-electron chi connectivity index (χ1n) is 4.14. The third-order valence-corrected chi connectivity index (χ3v) is 1.58. The van der Waals surface area contributed by atoms with E-state index in [0.29, 0.717) is 0 Å². The van der Waals surface area contributed by atoms with Gasteiger partial charge in [0, 0.05) is 26.2 Å². The van der Waals surface area contributed by atoms with Crippen LogP contribution in [0.25, 0.3) is 0 Å². The van der Waals surface area contributed by atoms with Crippen molar-refractivity contribution >= 4 is 5.91 Å². The Morgan fingerprint density at radius 2 is 1.92 bits per heavy atom. The molecule has 0 bridgehead atoms. The molecule has 3 heteroatoms. The van der Waals surface area contributed by atoms with E-state index >= 15 is 0 Å². The van der Waals surface area contributed by atoms with Crippen molar-refractivity contribution in [2.45, 2.75) is 6.92 Å². The van der Waals surface area contributed by atoms with E-state index in [-0.39, 0.29) is 5.91 Å². The molecule has 12 heavy (non-hydrogen) atoms. The maximum Gasteiger partial charge on any atom is 0.246 e. The Kier molecular flexibility index (Phi) is 5.37. The third-order valence-electron chi connectivity index (χ3n) is 1.58. The highest BCUT2D eigenvalue weighted by molar-refractivity contribution is 5.87. The van der Waals surface area contributed by atoms with Crippen molar-refractivity contribution in [1.82, 2.24) is 9.80 Å². The van der Waals surface area contributed by atoms with Gasteiger partial charge in [-0.15, -0.1) is 0 Å². The summed E-state index contributed by atoms with van der Waals surface area (Å²) in [5.41, 5.74) is 0. The fourth-order valence-electron chi connectivity index (χ4n) is 0.647. The molecule has 0 spiro atoms. The molecule has 0 aliphatic heterocycles. The summed E-state index contributed by atoms with van der Waals surface area (Å²) in [6.45, 7) is 3.52. The van der Waals surface area contributed by atoms with Crippen LogP contribution in [0.5, 0.6) is 0 Å². The monoisotopic (exact) mass is 170 g/mol. The average molecular weight is 170 g/mol. The Balaban J connectivity index is 3.75. The van der Waals surface area contributed by atoms with Gasteiger partial charge in [-0.25, -0.2) is 0 Å². The zero-order valence-corrected chi connectivity index (χ0v) is 8.37. The molecule has 3 nitrogen and oxygen atoms in total. The van der Waals surface area contributed by atoms with Crippen molar-refractivity contribution < 1.29 is 4.79 Å². The summed E-state index contributed by atoms with van der Waals surface area (Å²) < 4.78 is 0. The summed E-state index contributed by atoms with van der Waals surface area (Å²) in [4.78, 5) is 14.9. The number of carbonyl (C=O) groups is 1. The van der Waals surface area contributed by atoms with E-state index in [1.54, 1.807) is 18.0 Å². The van der Waals surface area contributed by atoms with Gasteiger partial charge in [0.05, 0.1) is 0 Å². The van der Waals surface area contributed by atoms with Crippen LogP contribution in [-0.2, 0) is 4.79 Å². The highest BCUT2D eigenvalue weighted by atomic mass is 16.2. The topological polar surface area (TPSA) is 23.6 Å². The second-order valence-electron chi connectivity index (χ2n) is 3.02. The molecule has 1 amide bonds. The summed E-state index contributed by atoms with van der Waals surface area (Å²) in [5, 5.41) is 0. The van der Waals surface area contributed by atoms with Gasteiger partial charge in [0.2, 0.25) is 5.91 Å². The second kappa shape index (κ2) is 5.77. The van der Waals surface area contributed by atoms with E-state index in [0.717, 1.165) is 13.1 Å². The Morgan fingerprint density at radius 3 is 2.33 bits per heavy atom. The number of likely N-dealkylation sites (N-methyl/N-ethyl adjacent to an activating group) is 2. The van der Waals surface area contributed by atoms with Crippen LogP contribution in [0.2, 0.25) is 0 Å². The van der Waals surface area contributed by atoms with Crippen molar-refractivity contribution in [2.24, 2.45) is 0 Å². The van der Waals surface area contributed by atoms with Crippen LogP contribution in [0, 0.1) is 0 Å². The van der Waals surface area contributed by atoms with Crippen molar-refractivity contribution in [3.63, 3.8) is 0 Å². The van der Waals surface area contributed by atoms with Crippen LogP contribution < -0.4 is 0 Å². The summed E-state index contributed by atoms with van der Waals surface area (Å²) >= 11 is 0. The Morgan fingerprint density at radius 1 is 1.33 bits per heavy atom. The van der Waals surface area contributed by atoms with Gasteiger partial charge in [-0.1, -0.05) is 6.08 Å². The molecule has 0 heterocycles. The first-order valence-corrected chi connectivity index (χ1v) is 4.14. The molecule has 0 rings (SSSR count). The first kappa shape index (κ1) is 11.2. The molecule has 70 valence electrons. The molecule has 0 saturated heterocycles. The van der Waals surface area contributed by atoms with Gasteiger partial charge in [0.25, 0.3) is 0 Å². The number of amides is 1. The SMILES string of the molecule is CCN(C)C(=O)/C=C/CN(C)C. The van der Waals surface area contributed by atoms with E-state index in [2.05, 4.69) is 0 Å². The van der Waals surface area contributed by atoms with Gasteiger partial charge in [-0.2, -0.15) is 0 Å². The minimum atomic E-state index is 0.0688. The van der Waals surface area contributed by atoms with E-state index in [1.807, 2.05) is 32.0 Å². The maximum atomic E-state index is 11.2. The van der Waals surface area contributed by atoms with Gasteiger partial charge in [-0.05, 0) is 21.0 Å². The number of hydrogen-bond acceptors (Lipinski definition) is 2. The van der Waals surface area contributed by atoms with Gasteiger partial charge in [0.1, 0.15) is 0 Å². The molecular weight excluding hydrogens is 152 g/mol. The van der Waals surface area contributed by atoms with E-state index in [1.165, 1.54) is 0 Å². The largest absolute Gasteiger partial charge is 0.343 e. The standard InChI is InChI=1S/C9H18N2O/c1-5-11(4)9(12)7-6-8-10(2)3/h6-7H,5,8H2,1-4H3/b7-6+. The van der Waals surface area contributed by atoms with Gasteiger partial charge >= 0.3 is 0 Å². The number of rotatable bonds is 4. The fraction of sp³-hybridized carbons (Fsp3) is 0.667. The molecule has 0 atom stereocenters. The third kappa shape index (κ3) is 4.91. The average Bonchev–Trinajstić information content (AvgIpc) is 2.02. The lowest BCUT2D eigenvalue weighted by atomic mass is 10.4. The van der Waals surface area contributed by atoms with Crippen LogP contribution in [0.1, 0.15) is 6.92 Å². The van der Waals surface area contributed by atoms with Crippen LogP contribution in [-0.4, -0.2) is 49.9 Å². The lowest BCUT2D eigenvalue weighted by molar-refractivity contribution is -0.124. The molecule has 0 unspecified atom stereocenters. The molecule has 0 radical (unpaired) electrons. The molecule has 0 aromatic heterocycles. The summed E-state index contributed by atoms with van der Waals surface area (Å²) in [6, 6.07) is 0. The quantitative estimate of drug-likeness (QED) is 0.576. The highest BCUT2D eigenvalue weighted by Gasteiger charge is 1.99. The van der Waals surface area contributed by atoms with Crippen molar-refractivity contribution in [3.05, 3.63) is 12.2 Å². The minimum Gasteiger partial charge on any atom is -0.343 e. The van der Waals surface area contributed by atoms with E-state index in [9.17, 15) is 4.79 Å². The van der Waals surface area contributed by atoms with Gasteiger partial charge < -0.3 is 9.80 Å². The first-order chi connectivity index (χ1) is 5.57. The molecule has 0 aliphatic rings. The lowest BCUT2D eigenvalue weighted by Crippen LogP contribution is -2.24. The molecular formula is C9H18N2O. The lowest BCUT2D eigenvalue weighted by Gasteiger charge is -2.11. The zero-order valence-electron chi connectivity index (χ0n) is 8.37. The molecule has 0 fully saturated rings. The Bertz CT molecular complexity index is 164. The predicted molar refractivity (Wildman–Crippen MR) is 51.0 cm³/mol. The van der Waals surface area contributed by atoms with Crippen LogP contribution in [0.15, 0.2) is 12.2 Å². The highest BCUT2D eigenvalue weighted by Crippen LogP contribution is 1.86. The molecule has 0 aromatic rings. The van der Waals surface area contributed by atoms with E-state index in [4.69, 9.17) is 0 Å². The van der Waals surface area contributed by atoms with Crippen molar-refractivity contribution in [1.29, 1.82) is 0 Å². The van der Waals surface area contributed by atoms with Crippen LogP contribution in [0.4, 0.5) is 0 Å². The number of hydrogen-bond donors (Lipinski definition) is 0. The van der Waals surface area contributed by atoms with Crippen LogP contribution in [0.3, 0.4) is 0 Å². The number of carbonyl (C=O) groups excluding carboxylic acids is 1. The van der Waals surface area contributed by atoms with Crippen molar-refractivity contribution in [2.75, 3.05) is 34.2 Å². The zero-order chi connectivity index (χ0) is 9.56.